The zero-order valence-corrected chi connectivity index (χ0v) is 18.0. The monoisotopic (exact) mass is 471 g/mol. The number of halogens is 4. The molecule has 0 radical (unpaired) electrons. The summed E-state index contributed by atoms with van der Waals surface area (Å²) in [5, 5.41) is 7.30. The van der Waals surface area contributed by atoms with Gasteiger partial charge in [0, 0.05) is 28.5 Å². The van der Waals surface area contributed by atoms with Gasteiger partial charge in [0.2, 0.25) is 0 Å². The fraction of sp³-hybridized carbons (Fsp3) is 0.280. The van der Waals surface area contributed by atoms with Crippen molar-refractivity contribution in [2.24, 2.45) is 0 Å². The van der Waals surface area contributed by atoms with Crippen molar-refractivity contribution in [3.8, 4) is 0 Å². The van der Waals surface area contributed by atoms with Crippen LogP contribution < -0.4 is 10.6 Å². The zero-order valence-electron chi connectivity index (χ0n) is 18.0. The maximum Gasteiger partial charge on any atom is 0.433 e. The number of nitrogens with one attached hydrogen (secondary N) is 2. The molecule has 9 heteroatoms. The van der Waals surface area contributed by atoms with Crippen LogP contribution >= 0.6 is 0 Å². The van der Waals surface area contributed by atoms with Crippen LogP contribution in [-0.2, 0) is 6.18 Å². The van der Waals surface area contributed by atoms with Crippen LogP contribution in [0.2, 0.25) is 0 Å². The number of aromatic nitrogens is 1. The summed E-state index contributed by atoms with van der Waals surface area (Å²) in [5.41, 5.74) is 0.103. The minimum absolute atomic E-state index is 0.0885. The molecular weight excluding hydrogens is 450 g/mol. The standard InChI is InChI=1S/C25H21F4N3O2/c26-15-8-9-21-14(10-15)11-22(34-21)24(33)31-17-5-3-4-16(12-17)30-20-13-23(25(27,28)29)32-19-7-2-1-6-18(19)20/h1-2,6-11,13,16-17H,3-5,12H2,(H,30,32)(H,31,33)/t16-,17+/m0/s1. The van der Waals surface area contributed by atoms with E-state index >= 15 is 0 Å². The molecule has 4 aromatic rings. The number of carbonyl (C=O) groups excluding carboxylic acids is 1. The molecule has 1 aliphatic carbocycles. The highest BCUT2D eigenvalue weighted by molar-refractivity contribution is 5.96. The number of benzene rings is 2. The van der Waals surface area contributed by atoms with Crippen LogP contribution in [0.3, 0.4) is 0 Å². The molecule has 0 saturated heterocycles. The Labute approximate surface area is 192 Å². The number of hydrogen-bond acceptors (Lipinski definition) is 4. The fourth-order valence-electron chi connectivity index (χ4n) is 4.49. The van der Waals surface area contributed by atoms with Crippen molar-refractivity contribution in [1.29, 1.82) is 0 Å². The topological polar surface area (TPSA) is 67.2 Å². The molecule has 1 aliphatic rings. The van der Waals surface area contributed by atoms with E-state index < -0.39 is 23.6 Å². The van der Waals surface area contributed by atoms with Crippen LogP contribution in [-0.4, -0.2) is 23.0 Å². The van der Waals surface area contributed by atoms with E-state index in [9.17, 15) is 22.4 Å². The highest BCUT2D eigenvalue weighted by Crippen LogP contribution is 2.34. The lowest BCUT2D eigenvalue weighted by molar-refractivity contribution is -0.140. The normalized spacial score (nSPS) is 18.8. The fourth-order valence-corrected chi connectivity index (χ4v) is 4.49. The van der Waals surface area contributed by atoms with E-state index in [2.05, 4.69) is 15.6 Å². The lowest BCUT2D eigenvalue weighted by Gasteiger charge is -2.31. The van der Waals surface area contributed by atoms with Gasteiger partial charge in [-0.2, -0.15) is 13.2 Å². The van der Waals surface area contributed by atoms with Gasteiger partial charge < -0.3 is 15.1 Å². The van der Waals surface area contributed by atoms with Gasteiger partial charge in [-0.3, -0.25) is 4.79 Å². The number of amides is 1. The molecule has 176 valence electrons. The Morgan fingerprint density at radius 2 is 1.82 bits per heavy atom. The number of furan rings is 1. The average Bonchev–Trinajstić information content (AvgIpc) is 3.22. The molecule has 0 spiro atoms. The first-order valence-corrected chi connectivity index (χ1v) is 11.0. The maximum absolute atomic E-state index is 13.4. The summed E-state index contributed by atoms with van der Waals surface area (Å²) < 4.78 is 59.1. The molecule has 1 saturated carbocycles. The summed E-state index contributed by atoms with van der Waals surface area (Å²) in [6.07, 6.45) is -1.72. The van der Waals surface area contributed by atoms with Gasteiger partial charge in [0.15, 0.2) is 5.76 Å². The van der Waals surface area contributed by atoms with Crippen molar-refractivity contribution < 1.29 is 26.8 Å². The molecule has 1 fully saturated rings. The molecule has 2 heterocycles. The van der Waals surface area contributed by atoms with Gasteiger partial charge in [-0.15, -0.1) is 0 Å². The number of rotatable bonds is 4. The Balaban J connectivity index is 1.32. The third-order valence-corrected chi connectivity index (χ3v) is 6.08. The van der Waals surface area contributed by atoms with E-state index in [1.165, 1.54) is 24.3 Å². The van der Waals surface area contributed by atoms with E-state index in [4.69, 9.17) is 4.42 Å². The predicted molar refractivity (Wildman–Crippen MR) is 120 cm³/mol. The number of nitrogens with zero attached hydrogens (tertiary/aromatic N) is 1. The molecular formula is C25H21F4N3O2. The largest absolute Gasteiger partial charge is 0.451 e. The smallest absolute Gasteiger partial charge is 0.433 e. The molecule has 5 rings (SSSR count). The van der Waals surface area contributed by atoms with Gasteiger partial charge in [0.05, 0.1) is 5.52 Å². The van der Waals surface area contributed by atoms with Gasteiger partial charge in [0.1, 0.15) is 17.1 Å². The lowest BCUT2D eigenvalue weighted by Crippen LogP contribution is -2.41. The third-order valence-electron chi connectivity index (χ3n) is 6.08. The number of fused-ring (bicyclic) bond motifs is 2. The van der Waals surface area contributed by atoms with Gasteiger partial charge in [0.25, 0.3) is 5.91 Å². The van der Waals surface area contributed by atoms with E-state index in [1.54, 1.807) is 24.3 Å². The van der Waals surface area contributed by atoms with E-state index in [0.29, 0.717) is 28.5 Å². The lowest BCUT2D eigenvalue weighted by atomic mass is 9.90. The van der Waals surface area contributed by atoms with E-state index in [-0.39, 0.29) is 23.4 Å². The van der Waals surface area contributed by atoms with Crippen LogP contribution in [0, 0.1) is 5.82 Å². The van der Waals surface area contributed by atoms with Gasteiger partial charge >= 0.3 is 6.18 Å². The van der Waals surface area contributed by atoms with Gasteiger partial charge in [-0.1, -0.05) is 18.2 Å². The van der Waals surface area contributed by atoms with Crippen LogP contribution in [0.1, 0.15) is 41.9 Å². The minimum Gasteiger partial charge on any atom is -0.451 e. The highest BCUT2D eigenvalue weighted by atomic mass is 19.4. The van der Waals surface area contributed by atoms with Crippen molar-refractivity contribution >= 4 is 33.5 Å². The summed E-state index contributed by atoms with van der Waals surface area (Å²) >= 11 is 0. The predicted octanol–water partition coefficient (Wildman–Crippen LogP) is 6.29. The van der Waals surface area contributed by atoms with Crippen LogP contribution in [0.5, 0.6) is 0 Å². The SMILES string of the molecule is O=C(N[C@@H]1CCC[C@H](Nc2cc(C(F)(F)F)nc3ccccc23)C1)c1cc2cc(F)ccc2o1. The second kappa shape index (κ2) is 8.62. The van der Waals surface area contributed by atoms with Crippen molar-refractivity contribution in [2.75, 3.05) is 5.32 Å². The Bertz CT molecular complexity index is 1370. The summed E-state index contributed by atoms with van der Waals surface area (Å²) in [4.78, 5) is 16.5. The number of para-hydroxylation sites is 1. The first-order valence-electron chi connectivity index (χ1n) is 11.0. The molecule has 2 aromatic heterocycles. The van der Waals surface area contributed by atoms with Crippen LogP contribution in [0.4, 0.5) is 23.2 Å². The second-order valence-electron chi connectivity index (χ2n) is 8.54. The van der Waals surface area contributed by atoms with Crippen LogP contribution in [0.15, 0.2) is 59.0 Å². The van der Waals surface area contributed by atoms with Crippen molar-refractivity contribution in [2.45, 2.75) is 43.9 Å². The van der Waals surface area contributed by atoms with Gasteiger partial charge in [-0.25, -0.2) is 9.37 Å². The van der Waals surface area contributed by atoms with Crippen LogP contribution in [0.25, 0.3) is 21.9 Å². The number of anilines is 1. The Morgan fingerprint density at radius 1 is 1.03 bits per heavy atom. The quantitative estimate of drug-likeness (QED) is 0.343. The molecule has 0 bridgehead atoms. The number of hydrogen-bond donors (Lipinski definition) is 2. The Morgan fingerprint density at radius 3 is 2.65 bits per heavy atom. The van der Waals surface area contributed by atoms with E-state index in [1.807, 2.05) is 0 Å². The summed E-state index contributed by atoms with van der Waals surface area (Å²) in [7, 11) is 0. The second-order valence-corrected chi connectivity index (χ2v) is 8.54. The Hall–Kier alpha value is -3.62. The minimum atomic E-state index is -4.56. The molecule has 0 aliphatic heterocycles. The van der Waals surface area contributed by atoms with Crippen molar-refractivity contribution in [3.05, 3.63) is 71.9 Å². The number of pyridine rings is 1. The molecule has 2 aromatic carbocycles. The third kappa shape index (κ3) is 4.55. The zero-order chi connectivity index (χ0) is 23.9. The first-order chi connectivity index (χ1) is 16.3. The van der Waals surface area contributed by atoms with Crippen molar-refractivity contribution in [1.82, 2.24) is 10.3 Å². The Kier molecular flexibility index (Phi) is 5.63. The first kappa shape index (κ1) is 22.2. The molecule has 1 amide bonds. The summed E-state index contributed by atoms with van der Waals surface area (Å²) in [6.45, 7) is 0. The van der Waals surface area contributed by atoms with Gasteiger partial charge in [-0.05, 0) is 62.1 Å². The molecule has 0 unspecified atom stereocenters. The van der Waals surface area contributed by atoms with Crippen molar-refractivity contribution in [3.63, 3.8) is 0 Å². The molecule has 2 atom stereocenters. The average molecular weight is 471 g/mol. The molecule has 5 nitrogen and oxygen atoms in total. The molecule has 2 N–H and O–H groups in total. The summed E-state index contributed by atoms with van der Waals surface area (Å²) in [5.74, 6) is -0.736. The van der Waals surface area contributed by atoms with E-state index in [0.717, 1.165) is 25.3 Å². The highest BCUT2D eigenvalue weighted by Gasteiger charge is 2.34. The molecule has 34 heavy (non-hydrogen) atoms. The number of alkyl halides is 3. The maximum atomic E-state index is 13.4. The number of carbonyl (C=O) groups is 1. The summed E-state index contributed by atoms with van der Waals surface area (Å²) in [6, 6.07) is 12.9.